The Balaban J connectivity index is 1.48. The first-order chi connectivity index (χ1) is 11.3. The summed E-state index contributed by atoms with van der Waals surface area (Å²) in [6.45, 7) is 1.56. The van der Waals surface area contributed by atoms with E-state index in [1.165, 1.54) is 11.3 Å². The third-order valence-corrected chi connectivity index (χ3v) is 4.89. The number of aromatic nitrogens is 3. The number of amides is 1. The zero-order valence-electron chi connectivity index (χ0n) is 12.4. The molecule has 0 spiro atoms. The van der Waals surface area contributed by atoms with E-state index in [0.717, 1.165) is 42.0 Å². The van der Waals surface area contributed by atoms with Gasteiger partial charge in [0.1, 0.15) is 0 Å². The lowest BCUT2D eigenvalue weighted by molar-refractivity contribution is 0.0845. The molecule has 6 nitrogen and oxygen atoms in total. The molecule has 23 heavy (non-hydrogen) atoms. The Hall–Kier alpha value is -2.25. The first kappa shape index (κ1) is 14.3. The average Bonchev–Trinajstić information content (AvgIpc) is 3.24. The second-order valence-electron chi connectivity index (χ2n) is 5.58. The normalized spacial score (nSPS) is 15.8. The molecule has 4 rings (SSSR count). The lowest BCUT2D eigenvalue weighted by atomic mass is 9.97. The van der Waals surface area contributed by atoms with Crippen molar-refractivity contribution in [2.75, 3.05) is 18.5 Å². The van der Waals surface area contributed by atoms with Crippen LogP contribution in [0.1, 0.15) is 34.8 Å². The summed E-state index contributed by atoms with van der Waals surface area (Å²) >= 11 is 1.52. The van der Waals surface area contributed by atoms with Crippen LogP contribution in [0.25, 0.3) is 10.2 Å². The molecule has 0 radical (unpaired) electrons. The maximum Gasteiger partial charge on any atom is 0.256 e. The van der Waals surface area contributed by atoms with Crippen molar-refractivity contribution in [3.8, 4) is 0 Å². The van der Waals surface area contributed by atoms with E-state index < -0.39 is 0 Å². The number of aromatic amines is 1. The number of hydrogen-bond donors (Lipinski definition) is 2. The van der Waals surface area contributed by atoms with E-state index in [4.69, 9.17) is 4.74 Å². The Morgan fingerprint density at radius 3 is 3.04 bits per heavy atom. The van der Waals surface area contributed by atoms with E-state index in [2.05, 4.69) is 20.5 Å². The zero-order chi connectivity index (χ0) is 15.6. The van der Waals surface area contributed by atoms with E-state index in [0.29, 0.717) is 17.3 Å². The number of thiazole rings is 1. The lowest BCUT2D eigenvalue weighted by Gasteiger charge is -2.20. The highest BCUT2D eigenvalue weighted by atomic mass is 32.1. The van der Waals surface area contributed by atoms with Gasteiger partial charge in [0.05, 0.1) is 15.7 Å². The van der Waals surface area contributed by atoms with Crippen LogP contribution in [-0.4, -0.2) is 34.3 Å². The molecule has 0 saturated carbocycles. The molecule has 3 aromatic rings. The number of H-pyrrole nitrogens is 1. The summed E-state index contributed by atoms with van der Waals surface area (Å²) in [6, 6.07) is 7.41. The monoisotopic (exact) mass is 328 g/mol. The van der Waals surface area contributed by atoms with Crippen molar-refractivity contribution in [1.29, 1.82) is 0 Å². The fourth-order valence-electron chi connectivity index (χ4n) is 2.80. The van der Waals surface area contributed by atoms with E-state index in [1.54, 1.807) is 11.6 Å². The Morgan fingerprint density at radius 2 is 2.17 bits per heavy atom. The van der Waals surface area contributed by atoms with Crippen LogP contribution in [0.3, 0.4) is 0 Å². The highest BCUT2D eigenvalue weighted by molar-refractivity contribution is 7.16. The van der Waals surface area contributed by atoms with Crippen LogP contribution in [0.15, 0.2) is 29.8 Å². The standard InChI is InChI=1S/C16H16N4O2S/c21-16(11-1-2-12-14(7-11)23-9-17-12)18-15-8-13(19-20-15)10-3-5-22-6-4-10/h1-2,7-10H,3-6H2,(H2,18,19,20,21). The van der Waals surface area contributed by atoms with Gasteiger partial charge in [0.15, 0.2) is 5.82 Å². The largest absolute Gasteiger partial charge is 0.381 e. The molecule has 0 aliphatic carbocycles. The number of nitrogens with one attached hydrogen (secondary N) is 2. The van der Waals surface area contributed by atoms with Crippen molar-refractivity contribution in [2.24, 2.45) is 0 Å². The number of carbonyl (C=O) groups is 1. The van der Waals surface area contributed by atoms with Crippen molar-refractivity contribution in [3.63, 3.8) is 0 Å². The summed E-state index contributed by atoms with van der Waals surface area (Å²) in [6.07, 6.45) is 1.97. The lowest BCUT2D eigenvalue weighted by Crippen LogP contribution is -2.14. The number of hydrogen-bond acceptors (Lipinski definition) is 5. The smallest absolute Gasteiger partial charge is 0.256 e. The van der Waals surface area contributed by atoms with Gasteiger partial charge in [-0.05, 0) is 31.0 Å². The number of nitrogens with zero attached hydrogens (tertiary/aromatic N) is 2. The van der Waals surface area contributed by atoms with Crippen LogP contribution >= 0.6 is 11.3 Å². The molecular formula is C16H16N4O2S. The predicted octanol–water partition coefficient (Wildman–Crippen LogP) is 3.17. The zero-order valence-corrected chi connectivity index (χ0v) is 13.2. The molecule has 3 heterocycles. The van der Waals surface area contributed by atoms with Gasteiger partial charge in [0.25, 0.3) is 5.91 Å². The summed E-state index contributed by atoms with van der Waals surface area (Å²) < 4.78 is 6.37. The van der Waals surface area contributed by atoms with Crippen LogP contribution in [0.2, 0.25) is 0 Å². The van der Waals surface area contributed by atoms with Crippen molar-refractivity contribution < 1.29 is 9.53 Å². The Kier molecular flexibility index (Phi) is 3.80. The minimum atomic E-state index is -0.162. The number of fused-ring (bicyclic) bond motifs is 1. The summed E-state index contributed by atoms with van der Waals surface area (Å²) in [7, 11) is 0. The third kappa shape index (κ3) is 2.97. The minimum Gasteiger partial charge on any atom is -0.381 e. The summed E-state index contributed by atoms with van der Waals surface area (Å²) in [4.78, 5) is 16.6. The van der Waals surface area contributed by atoms with Crippen LogP contribution in [-0.2, 0) is 4.74 Å². The van der Waals surface area contributed by atoms with Gasteiger partial charge < -0.3 is 10.1 Å². The van der Waals surface area contributed by atoms with Crippen molar-refractivity contribution in [2.45, 2.75) is 18.8 Å². The second-order valence-corrected chi connectivity index (χ2v) is 6.47. The molecule has 0 atom stereocenters. The van der Waals surface area contributed by atoms with E-state index in [-0.39, 0.29) is 5.91 Å². The second kappa shape index (κ2) is 6.10. The molecule has 1 amide bonds. The number of rotatable bonds is 3. The van der Waals surface area contributed by atoms with Gasteiger partial charge in [0, 0.05) is 36.5 Å². The van der Waals surface area contributed by atoms with Crippen LogP contribution in [0.4, 0.5) is 5.82 Å². The fourth-order valence-corrected chi connectivity index (χ4v) is 3.52. The molecule has 7 heteroatoms. The summed E-state index contributed by atoms with van der Waals surface area (Å²) in [5, 5.41) is 10.1. The first-order valence-corrected chi connectivity index (χ1v) is 8.45. The third-order valence-electron chi connectivity index (χ3n) is 4.09. The predicted molar refractivity (Wildman–Crippen MR) is 89.0 cm³/mol. The Labute approximate surface area is 136 Å². The van der Waals surface area contributed by atoms with Gasteiger partial charge in [-0.3, -0.25) is 9.89 Å². The molecule has 2 N–H and O–H groups in total. The Bertz CT molecular complexity index is 835. The van der Waals surface area contributed by atoms with Gasteiger partial charge in [-0.1, -0.05) is 0 Å². The van der Waals surface area contributed by atoms with Crippen LogP contribution < -0.4 is 5.32 Å². The molecule has 1 saturated heterocycles. The highest BCUT2D eigenvalue weighted by Crippen LogP contribution is 2.27. The molecule has 0 unspecified atom stereocenters. The topological polar surface area (TPSA) is 79.9 Å². The van der Waals surface area contributed by atoms with Crippen LogP contribution in [0, 0.1) is 0 Å². The molecular weight excluding hydrogens is 312 g/mol. The Morgan fingerprint density at radius 1 is 1.30 bits per heavy atom. The van der Waals surface area contributed by atoms with E-state index >= 15 is 0 Å². The highest BCUT2D eigenvalue weighted by Gasteiger charge is 2.19. The number of benzene rings is 1. The fraction of sp³-hybridized carbons (Fsp3) is 0.312. The number of carbonyl (C=O) groups excluding carboxylic acids is 1. The number of anilines is 1. The first-order valence-electron chi connectivity index (χ1n) is 7.57. The van der Waals surface area contributed by atoms with E-state index in [9.17, 15) is 4.79 Å². The molecule has 118 valence electrons. The minimum absolute atomic E-state index is 0.162. The molecule has 1 fully saturated rings. The maximum absolute atomic E-state index is 12.4. The van der Waals surface area contributed by atoms with Gasteiger partial charge in [-0.2, -0.15) is 5.10 Å². The van der Waals surface area contributed by atoms with Gasteiger partial charge in [0.2, 0.25) is 0 Å². The van der Waals surface area contributed by atoms with Crippen LogP contribution in [0.5, 0.6) is 0 Å². The summed E-state index contributed by atoms with van der Waals surface area (Å²) in [5.74, 6) is 0.821. The molecule has 2 aromatic heterocycles. The van der Waals surface area contributed by atoms with E-state index in [1.807, 2.05) is 18.2 Å². The molecule has 1 aliphatic heterocycles. The molecule has 0 bridgehead atoms. The molecule has 1 aromatic carbocycles. The van der Waals surface area contributed by atoms with Gasteiger partial charge in [-0.25, -0.2) is 4.98 Å². The van der Waals surface area contributed by atoms with Gasteiger partial charge in [-0.15, -0.1) is 11.3 Å². The maximum atomic E-state index is 12.4. The van der Waals surface area contributed by atoms with Crippen molar-refractivity contribution in [3.05, 3.63) is 41.0 Å². The quantitative estimate of drug-likeness (QED) is 0.774. The van der Waals surface area contributed by atoms with Crippen molar-refractivity contribution >= 4 is 33.3 Å². The SMILES string of the molecule is O=C(Nc1cc(C2CCOCC2)[nH]n1)c1ccc2ncsc2c1. The number of ether oxygens (including phenoxy) is 1. The molecule has 1 aliphatic rings. The average molecular weight is 328 g/mol. The van der Waals surface area contributed by atoms with Gasteiger partial charge >= 0.3 is 0 Å². The summed E-state index contributed by atoms with van der Waals surface area (Å²) in [5.41, 5.74) is 4.35. The van der Waals surface area contributed by atoms with Crippen molar-refractivity contribution in [1.82, 2.24) is 15.2 Å².